The molecule has 268 valence electrons. The Hall–Kier alpha value is -4.94. The lowest BCUT2D eigenvalue weighted by Gasteiger charge is -2.32. The van der Waals surface area contributed by atoms with Gasteiger partial charge in [-0.15, -0.1) is 0 Å². The molecular weight excluding hydrogens is 634 g/mol. The standard InChI is InChI=1S/C36H44N6O5.C2H7N/c1-23-13-16-29(30(22-23)47-21-8-6-7-12-31(43)42-19-17-40(3)18-20-42)41(4)36(45)27-15-14-26(34(46-5)32(27)35(37)44)25-10-9-11-28-33(25)39-24(2)38-28;1-3-2/h9-11,13-16,22H,6-8,12,17-21H2,1-5H3,(H2,37,44)(H,38,39);3H,1-2H3. The number of imidazole rings is 1. The number of nitrogens with one attached hydrogen (secondary N) is 2. The molecule has 2 heterocycles. The van der Waals surface area contributed by atoms with Crippen molar-refractivity contribution in [1.29, 1.82) is 0 Å². The molecule has 0 atom stereocenters. The van der Waals surface area contributed by atoms with Crippen LogP contribution >= 0.6 is 0 Å². The number of rotatable bonds is 12. The van der Waals surface area contributed by atoms with Crippen molar-refractivity contribution in [3.63, 3.8) is 0 Å². The monoisotopic (exact) mass is 685 g/mol. The average molecular weight is 686 g/mol. The number of anilines is 1. The molecule has 4 aromatic rings. The van der Waals surface area contributed by atoms with Crippen LogP contribution in [0.25, 0.3) is 22.2 Å². The van der Waals surface area contributed by atoms with Crippen LogP contribution < -0.4 is 25.4 Å². The van der Waals surface area contributed by atoms with Gasteiger partial charge in [0.15, 0.2) is 0 Å². The topological polar surface area (TPSA) is 146 Å². The minimum Gasteiger partial charge on any atom is -0.495 e. The fourth-order valence-corrected chi connectivity index (χ4v) is 6.06. The van der Waals surface area contributed by atoms with Crippen molar-refractivity contribution in [2.45, 2.75) is 39.5 Å². The van der Waals surface area contributed by atoms with Crippen LogP contribution in [0.2, 0.25) is 0 Å². The molecule has 5 rings (SSSR count). The largest absolute Gasteiger partial charge is 0.495 e. The van der Waals surface area contributed by atoms with Gasteiger partial charge in [-0.05, 0) is 90.1 Å². The number of aromatic nitrogens is 2. The van der Waals surface area contributed by atoms with Gasteiger partial charge in [0.1, 0.15) is 17.3 Å². The Morgan fingerprint density at radius 3 is 2.38 bits per heavy atom. The molecule has 1 aliphatic heterocycles. The number of aryl methyl sites for hydroxylation is 2. The molecule has 50 heavy (non-hydrogen) atoms. The molecule has 4 N–H and O–H groups in total. The molecule has 0 radical (unpaired) electrons. The number of primary amides is 1. The van der Waals surface area contributed by atoms with Gasteiger partial charge < -0.3 is 40.2 Å². The first-order chi connectivity index (χ1) is 24.0. The van der Waals surface area contributed by atoms with Crippen molar-refractivity contribution in [2.75, 3.05) is 73.0 Å². The van der Waals surface area contributed by atoms with Gasteiger partial charge in [-0.1, -0.05) is 18.2 Å². The zero-order valence-electron chi connectivity index (χ0n) is 30.4. The number of unbranched alkanes of at least 4 members (excludes halogenated alkanes) is 2. The maximum atomic E-state index is 14.0. The van der Waals surface area contributed by atoms with E-state index in [9.17, 15) is 14.4 Å². The number of nitrogens with zero attached hydrogens (tertiary/aromatic N) is 4. The molecule has 12 heteroatoms. The van der Waals surface area contributed by atoms with E-state index in [0.717, 1.165) is 73.4 Å². The Bertz CT molecular complexity index is 1800. The molecule has 1 aromatic heterocycles. The first kappa shape index (κ1) is 37.9. The van der Waals surface area contributed by atoms with Crippen LogP contribution in [0.3, 0.4) is 0 Å². The molecule has 3 amide bonds. The van der Waals surface area contributed by atoms with E-state index in [1.165, 1.54) is 12.0 Å². The Morgan fingerprint density at radius 2 is 1.70 bits per heavy atom. The minimum atomic E-state index is -0.780. The zero-order valence-corrected chi connectivity index (χ0v) is 30.4. The first-order valence-electron chi connectivity index (χ1n) is 17.0. The van der Waals surface area contributed by atoms with Crippen molar-refractivity contribution in [1.82, 2.24) is 25.1 Å². The summed E-state index contributed by atoms with van der Waals surface area (Å²) in [7, 11) is 8.92. The van der Waals surface area contributed by atoms with Crippen LogP contribution in [0.4, 0.5) is 5.69 Å². The van der Waals surface area contributed by atoms with Gasteiger partial charge in [0, 0.05) is 50.8 Å². The Labute approximate surface area is 294 Å². The molecule has 3 aromatic carbocycles. The summed E-state index contributed by atoms with van der Waals surface area (Å²) in [5, 5.41) is 2.75. The fourth-order valence-electron chi connectivity index (χ4n) is 6.06. The highest BCUT2D eigenvalue weighted by Gasteiger charge is 2.28. The Morgan fingerprint density at radius 1 is 0.980 bits per heavy atom. The third kappa shape index (κ3) is 8.99. The molecule has 12 nitrogen and oxygen atoms in total. The summed E-state index contributed by atoms with van der Waals surface area (Å²) in [5.74, 6) is 0.511. The normalized spacial score (nSPS) is 13.1. The molecule has 0 bridgehead atoms. The molecule has 0 spiro atoms. The number of benzene rings is 3. The number of H-pyrrole nitrogens is 1. The number of aromatic amines is 1. The van der Waals surface area contributed by atoms with Crippen LogP contribution in [0.15, 0.2) is 48.5 Å². The lowest BCUT2D eigenvalue weighted by Crippen LogP contribution is -2.47. The smallest absolute Gasteiger partial charge is 0.259 e. The predicted octanol–water partition coefficient (Wildman–Crippen LogP) is 4.78. The van der Waals surface area contributed by atoms with Crippen molar-refractivity contribution >= 4 is 34.4 Å². The lowest BCUT2D eigenvalue weighted by molar-refractivity contribution is -0.132. The predicted molar refractivity (Wildman–Crippen MR) is 198 cm³/mol. The second kappa shape index (κ2) is 17.6. The molecule has 1 fully saturated rings. The zero-order chi connectivity index (χ0) is 36.4. The number of para-hydroxylation sites is 1. The third-order valence-electron chi connectivity index (χ3n) is 8.69. The van der Waals surface area contributed by atoms with Gasteiger partial charge in [-0.2, -0.15) is 0 Å². The van der Waals surface area contributed by atoms with Crippen LogP contribution in [0, 0.1) is 13.8 Å². The number of fused-ring (bicyclic) bond motifs is 1. The molecule has 0 unspecified atom stereocenters. The van der Waals surface area contributed by atoms with Crippen molar-refractivity contribution in [2.24, 2.45) is 5.73 Å². The highest BCUT2D eigenvalue weighted by Crippen LogP contribution is 2.39. The first-order valence-corrected chi connectivity index (χ1v) is 17.0. The molecule has 1 saturated heterocycles. The third-order valence-corrected chi connectivity index (χ3v) is 8.69. The Balaban J connectivity index is 0.00000181. The number of ether oxygens (including phenoxy) is 2. The van der Waals surface area contributed by atoms with Crippen LogP contribution in [-0.2, 0) is 4.79 Å². The number of amides is 3. The van der Waals surface area contributed by atoms with Crippen LogP contribution in [0.1, 0.15) is 57.8 Å². The number of carbonyl (C=O) groups excluding carboxylic acids is 3. The SMILES string of the molecule is CNC.COc1c(-c2cccc3[nH]c(C)nc23)ccc(C(=O)N(C)c2ccc(C)cc2OCCCCCC(=O)N2CCN(C)CC2)c1C(N)=O. The van der Waals surface area contributed by atoms with Gasteiger partial charge >= 0.3 is 0 Å². The van der Waals surface area contributed by atoms with E-state index in [-0.39, 0.29) is 22.8 Å². The second-order valence-electron chi connectivity index (χ2n) is 12.6. The number of piperazine rings is 1. The van der Waals surface area contributed by atoms with Gasteiger partial charge in [0.05, 0.1) is 41.6 Å². The van der Waals surface area contributed by atoms with E-state index in [1.54, 1.807) is 19.2 Å². The van der Waals surface area contributed by atoms with Crippen LogP contribution in [-0.4, -0.2) is 106 Å². The summed E-state index contributed by atoms with van der Waals surface area (Å²) in [6.07, 6.45) is 2.97. The van der Waals surface area contributed by atoms with Gasteiger partial charge in [-0.25, -0.2) is 4.98 Å². The van der Waals surface area contributed by atoms with E-state index in [1.807, 2.05) is 69.2 Å². The number of nitrogens with two attached hydrogens (primary N) is 1. The van der Waals surface area contributed by atoms with Crippen molar-refractivity contribution in [3.8, 4) is 22.6 Å². The highest BCUT2D eigenvalue weighted by atomic mass is 16.5. The van der Waals surface area contributed by atoms with Gasteiger partial charge in [0.2, 0.25) is 5.91 Å². The summed E-state index contributed by atoms with van der Waals surface area (Å²) < 4.78 is 11.9. The molecule has 0 aliphatic carbocycles. The number of hydrogen-bond donors (Lipinski definition) is 3. The minimum absolute atomic E-state index is 0.00758. The van der Waals surface area contributed by atoms with E-state index in [2.05, 4.69) is 27.2 Å². The van der Waals surface area contributed by atoms with E-state index >= 15 is 0 Å². The summed E-state index contributed by atoms with van der Waals surface area (Å²) in [5.41, 5.74) is 10.4. The highest BCUT2D eigenvalue weighted by molar-refractivity contribution is 6.15. The summed E-state index contributed by atoms with van der Waals surface area (Å²) in [6, 6.07) is 14.7. The van der Waals surface area contributed by atoms with Gasteiger partial charge in [-0.3, -0.25) is 14.4 Å². The quantitative estimate of drug-likeness (QED) is 0.181. The van der Waals surface area contributed by atoms with Crippen molar-refractivity contribution < 1.29 is 23.9 Å². The number of methoxy groups -OCH3 is 1. The maximum Gasteiger partial charge on any atom is 0.259 e. The number of hydrogen-bond acceptors (Lipinski definition) is 8. The Kier molecular flexibility index (Phi) is 13.4. The van der Waals surface area contributed by atoms with E-state index in [4.69, 9.17) is 15.2 Å². The van der Waals surface area contributed by atoms with Crippen molar-refractivity contribution in [3.05, 3.63) is 71.0 Å². The van der Waals surface area contributed by atoms with Crippen LogP contribution in [0.5, 0.6) is 11.5 Å². The van der Waals surface area contributed by atoms with E-state index < -0.39 is 11.8 Å². The number of carbonyl (C=O) groups is 3. The lowest BCUT2D eigenvalue weighted by atomic mass is 9.95. The molecule has 1 aliphatic rings. The second-order valence-corrected chi connectivity index (χ2v) is 12.6. The number of likely N-dealkylation sites (N-methyl/N-ethyl adjacent to an activating group) is 1. The molecule has 0 saturated carbocycles. The maximum absolute atomic E-state index is 14.0. The fraction of sp³-hybridized carbons (Fsp3) is 0.421. The average Bonchev–Trinajstić information content (AvgIpc) is 3.49. The molecular formula is C38H51N7O5. The van der Waals surface area contributed by atoms with Gasteiger partial charge in [0.25, 0.3) is 11.8 Å². The summed E-state index contributed by atoms with van der Waals surface area (Å²) >= 11 is 0. The summed E-state index contributed by atoms with van der Waals surface area (Å²) in [6.45, 7) is 7.68. The van der Waals surface area contributed by atoms with E-state index in [0.29, 0.717) is 30.0 Å². The summed E-state index contributed by atoms with van der Waals surface area (Å²) in [4.78, 5) is 53.0.